The van der Waals surface area contributed by atoms with E-state index in [9.17, 15) is 9.18 Å². The maximum absolute atomic E-state index is 12.8. The fourth-order valence-corrected chi connectivity index (χ4v) is 2.80. The van der Waals surface area contributed by atoms with Crippen LogP contribution in [0.2, 0.25) is 0 Å². The molecule has 0 bridgehead atoms. The summed E-state index contributed by atoms with van der Waals surface area (Å²) in [7, 11) is 1.58. The number of carbonyl (C=O) groups is 1. The van der Waals surface area contributed by atoms with Crippen LogP contribution in [-0.4, -0.2) is 37.3 Å². The number of hydrogen-bond acceptors (Lipinski definition) is 3. The van der Waals surface area contributed by atoms with Crippen molar-refractivity contribution >= 4 is 22.5 Å². The van der Waals surface area contributed by atoms with Gasteiger partial charge in [0.05, 0.1) is 18.2 Å². The number of pyridine rings is 1. The highest BCUT2D eigenvalue weighted by Crippen LogP contribution is 2.31. The van der Waals surface area contributed by atoms with Gasteiger partial charge in [-0.2, -0.15) is 0 Å². The first-order valence-corrected chi connectivity index (χ1v) is 7.80. The lowest BCUT2D eigenvalue weighted by Gasteiger charge is -2.15. The molecule has 1 aromatic heterocycles. The number of fused-ring (bicyclic) bond motifs is 1. The van der Waals surface area contributed by atoms with Crippen molar-refractivity contribution < 1.29 is 13.9 Å². The highest BCUT2D eigenvalue weighted by atomic mass is 19.1. The van der Waals surface area contributed by atoms with Crippen molar-refractivity contribution in [2.75, 3.05) is 25.2 Å². The van der Waals surface area contributed by atoms with Gasteiger partial charge in [0.25, 0.3) is 5.91 Å². The van der Waals surface area contributed by atoms with Crippen molar-refractivity contribution in [3.8, 4) is 0 Å². The van der Waals surface area contributed by atoms with Gasteiger partial charge in [-0.25, -0.2) is 4.39 Å². The van der Waals surface area contributed by atoms with Crippen LogP contribution in [0.15, 0.2) is 59.8 Å². The molecule has 1 saturated heterocycles. The number of anilines is 1. The van der Waals surface area contributed by atoms with Crippen molar-refractivity contribution in [3.63, 3.8) is 0 Å². The van der Waals surface area contributed by atoms with E-state index in [0.717, 1.165) is 16.6 Å². The van der Waals surface area contributed by atoms with Gasteiger partial charge in [0.1, 0.15) is 6.67 Å². The molecule has 0 N–H and O–H groups in total. The Hall–Kier alpha value is -2.53. The highest BCUT2D eigenvalue weighted by molar-refractivity contribution is 6.13. The molecule has 1 atom stereocenters. The van der Waals surface area contributed by atoms with Crippen LogP contribution in [0.1, 0.15) is 6.92 Å². The first kappa shape index (κ1) is 16.3. The molecule has 2 heterocycles. The predicted molar refractivity (Wildman–Crippen MR) is 92.7 cm³/mol. The summed E-state index contributed by atoms with van der Waals surface area (Å²) in [6, 6.07) is 9.49. The Bertz CT molecular complexity index is 829. The minimum Gasteiger partial charge on any atom is -0.378 e. The quantitative estimate of drug-likeness (QED) is 0.808. The molecule has 0 spiro atoms. The minimum absolute atomic E-state index is 0.137. The number of carbonyl (C=O) groups excluding carboxylic acids is 1. The Morgan fingerprint density at radius 2 is 2.25 bits per heavy atom. The van der Waals surface area contributed by atoms with Crippen LogP contribution in [0.3, 0.4) is 0 Å². The molecule has 0 radical (unpaired) electrons. The third-order valence-electron chi connectivity index (χ3n) is 4.14. The lowest BCUT2D eigenvalue weighted by atomic mass is 10.1. The molecule has 1 aliphatic heterocycles. The lowest BCUT2D eigenvalue weighted by molar-refractivity contribution is -0.114. The van der Waals surface area contributed by atoms with E-state index in [1.165, 1.54) is 6.08 Å². The number of rotatable bonds is 4. The van der Waals surface area contributed by atoms with Gasteiger partial charge in [0.15, 0.2) is 0 Å². The molecule has 3 rings (SSSR count). The van der Waals surface area contributed by atoms with Crippen LogP contribution in [-0.2, 0) is 9.53 Å². The molecule has 1 amide bonds. The minimum atomic E-state index is -0.600. The summed E-state index contributed by atoms with van der Waals surface area (Å²) in [4.78, 5) is 18.7. The Kier molecular flexibility index (Phi) is 4.71. The molecule has 1 aliphatic rings. The number of aromatic nitrogens is 1. The van der Waals surface area contributed by atoms with E-state index >= 15 is 0 Å². The van der Waals surface area contributed by atoms with Gasteiger partial charge in [-0.1, -0.05) is 6.07 Å². The van der Waals surface area contributed by atoms with E-state index in [0.29, 0.717) is 17.7 Å². The number of amides is 1. The van der Waals surface area contributed by atoms with E-state index in [1.54, 1.807) is 24.3 Å². The molecule has 1 aromatic carbocycles. The largest absolute Gasteiger partial charge is 0.378 e. The Labute approximate surface area is 140 Å². The van der Waals surface area contributed by atoms with E-state index in [1.807, 2.05) is 37.3 Å². The van der Waals surface area contributed by atoms with Crippen molar-refractivity contribution in [2.45, 2.75) is 13.0 Å². The van der Waals surface area contributed by atoms with Crippen molar-refractivity contribution in [3.05, 3.63) is 59.8 Å². The molecular weight excluding hydrogens is 307 g/mol. The van der Waals surface area contributed by atoms with E-state index < -0.39 is 6.67 Å². The van der Waals surface area contributed by atoms with E-state index in [4.69, 9.17) is 4.74 Å². The number of hydrogen-bond donors (Lipinski definition) is 0. The Morgan fingerprint density at radius 3 is 3.00 bits per heavy atom. The Balaban J connectivity index is 2.00. The average Bonchev–Trinajstić information content (AvgIpc) is 2.91. The van der Waals surface area contributed by atoms with Gasteiger partial charge >= 0.3 is 0 Å². The van der Waals surface area contributed by atoms with Crippen LogP contribution in [0.4, 0.5) is 10.1 Å². The number of allylic oxidation sites excluding steroid dienone is 1. The summed E-state index contributed by atoms with van der Waals surface area (Å²) in [5.41, 5.74) is 2.85. The second kappa shape index (κ2) is 6.93. The SMILES string of the molecule is COC(C)/C=C1/C(=O)N(c2ccc3ncccc3c2)C/C1=C/CF. The summed E-state index contributed by atoms with van der Waals surface area (Å²) >= 11 is 0. The summed E-state index contributed by atoms with van der Waals surface area (Å²) in [6.07, 6.45) is 4.71. The fourth-order valence-electron chi connectivity index (χ4n) is 2.80. The second-order valence-electron chi connectivity index (χ2n) is 5.68. The monoisotopic (exact) mass is 326 g/mol. The number of nitrogens with zero attached hydrogens (tertiary/aromatic N) is 2. The molecule has 1 fully saturated rings. The maximum atomic E-state index is 12.8. The van der Waals surface area contributed by atoms with Crippen LogP contribution in [0.5, 0.6) is 0 Å². The van der Waals surface area contributed by atoms with Gasteiger partial charge in [-0.05, 0) is 48.9 Å². The molecule has 4 nitrogen and oxygen atoms in total. The molecular formula is C19H19FN2O2. The normalized spacial score (nSPS) is 19.6. The first-order chi connectivity index (χ1) is 11.6. The summed E-state index contributed by atoms with van der Waals surface area (Å²) < 4.78 is 18.0. The summed E-state index contributed by atoms with van der Waals surface area (Å²) in [6.45, 7) is 1.60. The van der Waals surface area contributed by atoms with Crippen molar-refractivity contribution in [2.24, 2.45) is 0 Å². The third-order valence-corrected chi connectivity index (χ3v) is 4.14. The van der Waals surface area contributed by atoms with Crippen molar-refractivity contribution in [1.82, 2.24) is 4.98 Å². The van der Waals surface area contributed by atoms with Gasteiger partial charge in [0, 0.05) is 30.0 Å². The zero-order valence-electron chi connectivity index (χ0n) is 13.7. The summed E-state index contributed by atoms with van der Waals surface area (Å²) in [5, 5.41) is 0.960. The van der Waals surface area contributed by atoms with E-state index in [2.05, 4.69) is 4.98 Å². The Morgan fingerprint density at radius 1 is 1.42 bits per heavy atom. The summed E-state index contributed by atoms with van der Waals surface area (Å²) in [5.74, 6) is -0.137. The standard InChI is InChI=1S/C19H19FN2O2/c1-13(24-2)10-17-15(7-8-20)12-22(19(17)23)16-5-6-18-14(11-16)4-3-9-21-18/h3-7,9-11,13H,8,12H2,1-2H3/b15-7-,17-10+. The molecule has 5 heteroatoms. The number of benzene rings is 1. The van der Waals surface area contributed by atoms with Crippen LogP contribution >= 0.6 is 0 Å². The maximum Gasteiger partial charge on any atom is 0.258 e. The molecule has 0 aliphatic carbocycles. The van der Waals surface area contributed by atoms with Gasteiger partial charge in [-0.15, -0.1) is 0 Å². The number of ether oxygens (including phenoxy) is 1. The smallest absolute Gasteiger partial charge is 0.258 e. The third kappa shape index (κ3) is 3.08. The average molecular weight is 326 g/mol. The second-order valence-corrected chi connectivity index (χ2v) is 5.68. The fraction of sp³-hybridized carbons (Fsp3) is 0.263. The highest BCUT2D eigenvalue weighted by Gasteiger charge is 2.31. The van der Waals surface area contributed by atoms with E-state index in [-0.39, 0.29) is 12.0 Å². The van der Waals surface area contributed by atoms with Crippen LogP contribution in [0, 0.1) is 0 Å². The lowest BCUT2D eigenvalue weighted by Crippen LogP contribution is -2.24. The molecule has 24 heavy (non-hydrogen) atoms. The number of alkyl halides is 1. The van der Waals surface area contributed by atoms with Crippen LogP contribution < -0.4 is 4.90 Å². The predicted octanol–water partition coefficient (Wildman–Crippen LogP) is 3.44. The molecule has 1 unspecified atom stereocenters. The van der Waals surface area contributed by atoms with Gasteiger partial charge in [-0.3, -0.25) is 9.78 Å². The zero-order valence-corrected chi connectivity index (χ0v) is 13.7. The topological polar surface area (TPSA) is 42.4 Å². The number of methoxy groups -OCH3 is 1. The molecule has 124 valence electrons. The van der Waals surface area contributed by atoms with Gasteiger partial charge in [0.2, 0.25) is 0 Å². The first-order valence-electron chi connectivity index (χ1n) is 7.80. The molecule has 0 saturated carbocycles. The zero-order chi connectivity index (χ0) is 17.1. The van der Waals surface area contributed by atoms with Gasteiger partial charge < -0.3 is 9.64 Å². The van der Waals surface area contributed by atoms with Crippen LogP contribution in [0.25, 0.3) is 10.9 Å². The molecule has 2 aromatic rings. The number of halogens is 1. The van der Waals surface area contributed by atoms with Crippen molar-refractivity contribution in [1.29, 1.82) is 0 Å².